The molecule has 2 amide bonds. The molecule has 2 bridgehead atoms. The van der Waals surface area contributed by atoms with Crippen molar-refractivity contribution in [1.82, 2.24) is 20.4 Å². The van der Waals surface area contributed by atoms with Crippen molar-refractivity contribution in [2.75, 3.05) is 26.3 Å². The van der Waals surface area contributed by atoms with E-state index in [-0.39, 0.29) is 40.8 Å². The second-order valence-corrected chi connectivity index (χ2v) is 11.1. The molecule has 3 saturated carbocycles. The van der Waals surface area contributed by atoms with Crippen LogP contribution in [0.1, 0.15) is 57.9 Å². The van der Waals surface area contributed by atoms with E-state index in [0.29, 0.717) is 44.2 Å². The number of carbonyl (C=O) groups excluding carboxylic acids is 2. The number of nitrogens with one attached hydrogen (secondary N) is 1. The molecule has 2 aromatic rings. The predicted octanol–water partition coefficient (Wildman–Crippen LogP) is 3.54. The summed E-state index contributed by atoms with van der Waals surface area (Å²) in [5.74, 6) is 0.174. The van der Waals surface area contributed by atoms with Gasteiger partial charge in [0.05, 0.1) is 23.6 Å². The van der Waals surface area contributed by atoms with Crippen LogP contribution in [0.3, 0.4) is 0 Å². The molecule has 3 aliphatic carbocycles. The Morgan fingerprint density at radius 1 is 1.28 bits per heavy atom. The van der Waals surface area contributed by atoms with E-state index in [1.54, 1.807) is 4.90 Å². The van der Waals surface area contributed by atoms with E-state index in [9.17, 15) is 14.0 Å². The maximum absolute atomic E-state index is 13.5. The Morgan fingerprint density at radius 3 is 2.72 bits per heavy atom. The van der Waals surface area contributed by atoms with Gasteiger partial charge >= 0.3 is 6.09 Å². The number of hydrogen-bond acceptors (Lipinski definition) is 8. The number of rotatable bonds is 6. The highest BCUT2D eigenvalue weighted by atomic mass is 35.5. The maximum Gasteiger partial charge on any atom is 0.410 e. The fraction of sp³-hybridized carbons (Fsp3) is 0.583. The number of hydrogen-bond donors (Lipinski definition) is 1. The van der Waals surface area contributed by atoms with Gasteiger partial charge in [-0.15, -0.1) is 10.2 Å². The number of ether oxygens (including phenoxy) is 3. The molecule has 0 unspecified atom stereocenters. The van der Waals surface area contributed by atoms with Crippen LogP contribution in [0.5, 0.6) is 5.75 Å². The van der Waals surface area contributed by atoms with Crippen LogP contribution in [0.15, 0.2) is 22.6 Å². The van der Waals surface area contributed by atoms with Crippen molar-refractivity contribution in [2.24, 2.45) is 0 Å². The Hall–Kier alpha value is -2.92. The van der Waals surface area contributed by atoms with E-state index >= 15 is 0 Å². The zero-order valence-corrected chi connectivity index (χ0v) is 21.1. The highest BCUT2D eigenvalue weighted by Crippen LogP contribution is 2.67. The van der Waals surface area contributed by atoms with Crippen LogP contribution < -0.4 is 10.1 Å². The minimum atomic E-state index is -0.606. The van der Waals surface area contributed by atoms with Crippen LogP contribution in [-0.4, -0.2) is 64.5 Å². The molecule has 12 heteroatoms. The van der Waals surface area contributed by atoms with E-state index in [1.165, 1.54) is 12.1 Å². The molecule has 1 aliphatic heterocycles. The van der Waals surface area contributed by atoms with E-state index < -0.39 is 23.6 Å². The third kappa shape index (κ3) is 4.86. The van der Waals surface area contributed by atoms with Crippen LogP contribution in [-0.2, 0) is 19.7 Å². The van der Waals surface area contributed by atoms with Crippen LogP contribution >= 0.6 is 11.6 Å². The summed E-state index contributed by atoms with van der Waals surface area (Å²) in [6.45, 7) is 6.26. The van der Waals surface area contributed by atoms with Crippen molar-refractivity contribution >= 4 is 23.6 Å². The minimum absolute atomic E-state index is 0.00874. The van der Waals surface area contributed by atoms with Gasteiger partial charge in [0, 0.05) is 18.2 Å². The minimum Gasteiger partial charge on any atom is -0.484 e. The second-order valence-electron chi connectivity index (χ2n) is 10.7. The summed E-state index contributed by atoms with van der Waals surface area (Å²) in [5, 5.41) is 11.4. The number of carbonyl (C=O) groups is 2. The van der Waals surface area contributed by atoms with E-state index in [0.717, 1.165) is 6.07 Å². The third-order valence-corrected chi connectivity index (χ3v) is 6.89. The molecule has 0 spiro atoms. The van der Waals surface area contributed by atoms with Crippen molar-refractivity contribution < 1.29 is 32.6 Å². The van der Waals surface area contributed by atoms with Gasteiger partial charge in [0.25, 0.3) is 5.91 Å². The fourth-order valence-corrected chi connectivity index (χ4v) is 5.18. The average molecular weight is 523 g/mol. The zero-order chi connectivity index (χ0) is 25.7. The first kappa shape index (κ1) is 24.8. The molecule has 1 saturated heterocycles. The summed E-state index contributed by atoms with van der Waals surface area (Å²) in [6, 6.07) is 4.02. The fourth-order valence-electron chi connectivity index (χ4n) is 5.06. The van der Waals surface area contributed by atoms with Crippen molar-refractivity contribution in [2.45, 2.75) is 62.7 Å². The molecule has 10 nitrogen and oxygen atoms in total. The molecular weight excluding hydrogens is 495 g/mol. The summed E-state index contributed by atoms with van der Waals surface area (Å²) < 4.78 is 36.1. The number of aromatic nitrogens is 2. The van der Waals surface area contributed by atoms with E-state index in [1.807, 2.05) is 20.8 Å². The lowest BCUT2D eigenvalue weighted by molar-refractivity contribution is -0.143. The summed E-state index contributed by atoms with van der Waals surface area (Å²) in [5.41, 5.74) is -1.18. The molecule has 194 valence electrons. The molecular formula is C24H28ClFN4O6. The van der Waals surface area contributed by atoms with Crippen molar-refractivity contribution in [3.05, 3.63) is 40.8 Å². The molecule has 2 heterocycles. The summed E-state index contributed by atoms with van der Waals surface area (Å²) in [6.07, 6.45) is 1.11. The Balaban J connectivity index is 1.12. The Labute approximate surface area is 212 Å². The quantitative estimate of drug-likeness (QED) is 0.612. The first-order valence-electron chi connectivity index (χ1n) is 11.8. The predicted molar refractivity (Wildman–Crippen MR) is 124 cm³/mol. The molecule has 1 aromatic heterocycles. The average Bonchev–Trinajstić information content (AvgIpc) is 3.25. The SMILES string of the molecule is CC(C)(C)OC(=O)N1CCO[C@H](c2nnc(C34CC(NC(=O)COc5ccc(Cl)c(F)c5)(C3)C4)o2)C1. The lowest BCUT2D eigenvalue weighted by Gasteiger charge is -2.68. The summed E-state index contributed by atoms with van der Waals surface area (Å²) >= 11 is 5.66. The Morgan fingerprint density at radius 2 is 2.03 bits per heavy atom. The molecule has 36 heavy (non-hydrogen) atoms. The topological polar surface area (TPSA) is 116 Å². The largest absolute Gasteiger partial charge is 0.484 e. The first-order chi connectivity index (χ1) is 17.0. The Bertz CT molecular complexity index is 1160. The van der Waals surface area contributed by atoms with Gasteiger partial charge in [-0.2, -0.15) is 0 Å². The van der Waals surface area contributed by atoms with Crippen molar-refractivity contribution in [3.63, 3.8) is 0 Å². The van der Waals surface area contributed by atoms with Gasteiger partial charge in [-0.1, -0.05) is 11.6 Å². The summed E-state index contributed by atoms with van der Waals surface area (Å²) in [7, 11) is 0. The van der Waals surface area contributed by atoms with Gasteiger partial charge in [0.2, 0.25) is 11.8 Å². The van der Waals surface area contributed by atoms with E-state index in [2.05, 4.69) is 15.5 Å². The molecule has 4 aliphatic rings. The van der Waals surface area contributed by atoms with E-state index in [4.69, 9.17) is 30.2 Å². The first-order valence-corrected chi connectivity index (χ1v) is 12.2. The zero-order valence-electron chi connectivity index (χ0n) is 20.3. The number of amides is 2. The van der Waals surface area contributed by atoms with Gasteiger partial charge in [-0.05, 0) is 52.2 Å². The molecule has 1 aromatic carbocycles. The van der Waals surface area contributed by atoms with Gasteiger partial charge in [0.15, 0.2) is 12.7 Å². The van der Waals surface area contributed by atoms with Crippen LogP contribution in [0.25, 0.3) is 0 Å². The van der Waals surface area contributed by atoms with Gasteiger partial charge in [-0.25, -0.2) is 9.18 Å². The van der Waals surface area contributed by atoms with Gasteiger partial charge in [-0.3, -0.25) is 4.79 Å². The monoisotopic (exact) mass is 522 g/mol. The molecule has 1 atom stereocenters. The maximum atomic E-state index is 13.5. The smallest absolute Gasteiger partial charge is 0.410 e. The normalized spacial score (nSPS) is 27.0. The second kappa shape index (κ2) is 8.88. The number of halogens is 2. The number of morpholine rings is 1. The molecule has 6 rings (SSSR count). The van der Waals surface area contributed by atoms with Crippen LogP contribution in [0.4, 0.5) is 9.18 Å². The summed E-state index contributed by atoms with van der Waals surface area (Å²) in [4.78, 5) is 26.3. The van der Waals surface area contributed by atoms with Crippen molar-refractivity contribution in [1.29, 1.82) is 0 Å². The third-order valence-electron chi connectivity index (χ3n) is 6.58. The molecule has 1 N–H and O–H groups in total. The Kier molecular flexibility index (Phi) is 6.11. The standard InChI is InChI=1S/C24H28ClFN4O6/c1-22(2,3)36-21(32)30-6-7-33-17(9-30)19-28-29-20(35-19)23-11-24(12-23,13-23)27-18(31)10-34-14-4-5-15(25)16(26)8-14/h4-5,8,17H,6-7,9-13H2,1-3H3,(H,27,31)/t17-,23?,24?/m0/s1. The molecule has 0 radical (unpaired) electrons. The van der Waals surface area contributed by atoms with Gasteiger partial charge < -0.3 is 28.8 Å². The lowest BCUT2D eigenvalue weighted by atomic mass is 9.39. The molecule has 4 fully saturated rings. The number of benzene rings is 1. The lowest BCUT2D eigenvalue weighted by Crippen LogP contribution is -2.77. The highest BCUT2D eigenvalue weighted by Gasteiger charge is 2.71. The van der Waals surface area contributed by atoms with Gasteiger partial charge in [0.1, 0.15) is 17.2 Å². The number of nitrogens with zero attached hydrogens (tertiary/aromatic N) is 3. The van der Waals surface area contributed by atoms with Crippen LogP contribution in [0, 0.1) is 5.82 Å². The van der Waals surface area contributed by atoms with Crippen LogP contribution in [0.2, 0.25) is 5.02 Å². The van der Waals surface area contributed by atoms with Crippen molar-refractivity contribution in [3.8, 4) is 5.75 Å². The highest BCUT2D eigenvalue weighted by molar-refractivity contribution is 6.30.